The number of nitrogens with zero attached hydrogens (tertiary/aromatic N) is 1. The third kappa shape index (κ3) is 4.86. The van der Waals surface area contributed by atoms with Gasteiger partial charge in [-0.05, 0) is 0 Å². The number of hydroxylamine groups is 1. The van der Waals surface area contributed by atoms with Gasteiger partial charge < -0.3 is 0 Å². The van der Waals surface area contributed by atoms with E-state index in [1.54, 1.807) is 10.4 Å². The van der Waals surface area contributed by atoms with Gasteiger partial charge in [0.25, 0.3) is 0 Å². The molecule has 2 rings (SSSR count). The first-order chi connectivity index (χ1) is 12.4. The van der Waals surface area contributed by atoms with Gasteiger partial charge in [-0.2, -0.15) is 0 Å². The fourth-order valence-electron chi connectivity index (χ4n) is 3.62. The molecule has 2 aliphatic heterocycles. The zero-order chi connectivity index (χ0) is 19.3. The predicted molar refractivity (Wildman–Crippen MR) is 105 cm³/mol. The van der Waals surface area contributed by atoms with Crippen LogP contribution >= 0.6 is 20.2 Å². The standard InChI is InChI=1S/C17H30IN3O5/c1-3-4-5-7-12(10-14(22)20-26)16(23)19-15-11(2)18(25)13-8-6-9-21(13)17(15)24/h11-13,15,25-26H,3-10H2,1-2H3,(H,19,23)(H,20,22)/t11?,12-,13+,15+/m1/s1. The molecular weight excluding hydrogens is 453 g/mol. The summed E-state index contributed by atoms with van der Waals surface area (Å²) < 4.78 is 10.4. The third-order valence-electron chi connectivity index (χ3n) is 5.18. The molecule has 3 amide bonds. The number of hydrogen-bond acceptors (Lipinski definition) is 5. The Morgan fingerprint density at radius 2 is 2.12 bits per heavy atom. The molecule has 8 nitrogen and oxygen atoms in total. The van der Waals surface area contributed by atoms with Crippen LogP contribution in [0.3, 0.4) is 0 Å². The van der Waals surface area contributed by atoms with Crippen molar-refractivity contribution in [3.05, 3.63) is 0 Å². The number of alkyl halides is 2. The molecule has 2 heterocycles. The average molecular weight is 483 g/mol. The Morgan fingerprint density at radius 3 is 2.77 bits per heavy atom. The molecule has 2 saturated heterocycles. The molecule has 0 radical (unpaired) electrons. The van der Waals surface area contributed by atoms with Crippen LogP contribution in [0.15, 0.2) is 0 Å². The molecule has 0 aliphatic carbocycles. The first-order valence-electron chi connectivity index (χ1n) is 9.30. The molecule has 9 heteroatoms. The van der Waals surface area contributed by atoms with E-state index in [2.05, 4.69) is 12.2 Å². The van der Waals surface area contributed by atoms with E-state index in [0.717, 1.165) is 32.1 Å². The van der Waals surface area contributed by atoms with Crippen LogP contribution in [0, 0.1) is 5.92 Å². The monoisotopic (exact) mass is 483 g/mol. The quantitative estimate of drug-likeness (QED) is 0.104. The van der Waals surface area contributed by atoms with Crippen molar-refractivity contribution in [2.45, 2.75) is 72.8 Å². The number of carbonyl (C=O) groups excluding carboxylic acids is 3. The summed E-state index contributed by atoms with van der Waals surface area (Å²) >= 11 is -2.37. The van der Waals surface area contributed by atoms with E-state index < -0.39 is 38.1 Å². The summed E-state index contributed by atoms with van der Waals surface area (Å²) in [5.74, 6) is -1.67. The minimum atomic E-state index is -2.37. The Balaban J connectivity index is 2.05. The van der Waals surface area contributed by atoms with Gasteiger partial charge in [0.1, 0.15) is 0 Å². The van der Waals surface area contributed by atoms with Crippen molar-refractivity contribution in [2.75, 3.05) is 6.54 Å². The molecule has 0 aromatic rings. The first kappa shape index (κ1) is 21.4. The number of halogens is 1. The first-order valence-corrected chi connectivity index (χ1v) is 12.8. The second-order valence-corrected chi connectivity index (χ2v) is 12.3. The van der Waals surface area contributed by atoms with Crippen LogP contribution in [0.2, 0.25) is 0 Å². The number of hydrogen-bond donors (Lipinski definition) is 4. The van der Waals surface area contributed by atoms with Gasteiger partial charge in [-0.15, -0.1) is 0 Å². The minimum absolute atomic E-state index is 0.00429. The van der Waals surface area contributed by atoms with E-state index in [0.29, 0.717) is 13.0 Å². The summed E-state index contributed by atoms with van der Waals surface area (Å²) in [7, 11) is 0. The Hall–Kier alpha value is -0.940. The predicted octanol–water partition coefficient (Wildman–Crippen LogP) is 1.33. The van der Waals surface area contributed by atoms with Crippen LogP contribution in [0.4, 0.5) is 0 Å². The van der Waals surface area contributed by atoms with E-state index in [9.17, 15) is 17.8 Å². The average Bonchev–Trinajstić information content (AvgIpc) is 3.12. The van der Waals surface area contributed by atoms with E-state index in [1.807, 2.05) is 6.92 Å². The molecule has 0 bridgehead atoms. The van der Waals surface area contributed by atoms with Crippen LogP contribution in [-0.2, 0) is 14.4 Å². The SMILES string of the molecule is CCCCC[C@H](CC(=O)NO)C(=O)N[C@@H]1C(=O)N2CCC[C@H]2I(O)C1C. The number of unbranched alkanes of at least 4 members (excludes halogenated alkanes) is 2. The third-order valence-corrected chi connectivity index (χ3v) is 10.7. The molecule has 2 aliphatic rings. The fourth-order valence-corrected chi connectivity index (χ4v) is 8.48. The zero-order valence-electron chi connectivity index (χ0n) is 15.4. The van der Waals surface area contributed by atoms with Crippen LogP contribution in [0.25, 0.3) is 0 Å². The summed E-state index contributed by atoms with van der Waals surface area (Å²) in [6.45, 7) is 4.54. The molecule has 0 aromatic heterocycles. The van der Waals surface area contributed by atoms with E-state index in [1.165, 1.54) is 0 Å². The van der Waals surface area contributed by atoms with E-state index in [-0.39, 0.29) is 26.2 Å². The number of rotatable bonds is 8. The van der Waals surface area contributed by atoms with Crippen molar-refractivity contribution in [2.24, 2.45) is 5.92 Å². The van der Waals surface area contributed by atoms with Gasteiger partial charge in [-0.25, -0.2) is 0 Å². The van der Waals surface area contributed by atoms with Gasteiger partial charge in [-0.1, -0.05) is 0 Å². The maximum atomic E-state index is 12.8. The van der Waals surface area contributed by atoms with Gasteiger partial charge in [0.2, 0.25) is 0 Å². The van der Waals surface area contributed by atoms with Crippen molar-refractivity contribution < 1.29 is 23.0 Å². The molecule has 150 valence electrons. The van der Waals surface area contributed by atoms with Crippen molar-refractivity contribution >= 4 is 38.0 Å². The molecular formula is C17H30IN3O5. The summed E-state index contributed by atoms with van der Waals surface area (Å²) in [4.78, 5) is 38.8. The summed E-state index contributed by atoms with van der Waals surface area (Å²) in [6, 6.07) is -0.710. The number of nitrogens with one attached hydrogen (secondary N) is 2. The molecule has 4 N–H and O–H groups in total. The molecule has 26 heavy (non-hydrogen) atoms. The van der Waals surface area contributed by atoms with Gasteiger partial charge in [-0.3, -0.25) is 0 Å². The Bertz CT molecular complexity index is 533. The van der Waals surface area contributed by atoms with Crippen molar-refractivity contribution in [1.82, 2.24) is 15.7 Å². The van der Waals surface area contributed by atoms with Crippen LogP contribution < -0.4 is 10.8 Å². The number of carbonyl (C=O) groups is 3. The van der Waals surface area contributed by atoms with Crippen molar-refractivity contribution in [3.63, 3.8) is 0 Å². The van der Waals surface area contributed by atoms with E-state index >= 15 is 0 Å². The van der Waals surface area contributed by atoms with E-state index in [4.69, 9.17) is 5.21 Å². The van der Waals surface area contributed by atoms with Crippen molar-refractivity contribution in [1.29, 1.82) is 0 Å². The fraction of sp³-hybridized carbons (Fsp3) is 0.824. The molecule has 2 fully saturated rings. The summed E-state index contributed by atoms with van der Waals surface area (Å²) in [6.07, 6.45) is 4.90. The summed E-state index contributed by atoms with van der Waals surface area (Å²) in [5, 5.41) is 11.6. The molecule has 4 atom stereocenters. The molecule has 0 saturated carbocycles. The molecule has 0 aromatic carbocycles. The van der Waals surface area contributed by atoms with Crippen LogP contribution in [0.5, 0.6) is 0 Å². The maximum absolute atomic E-state index is 12.8. The topological polar surface area (TPSA) is 119 Å². The van der Waals surface area contributed by atoms with Crippen molar-refractivity contribution in [3.8, 4) is 0 Å². The Morgan fingerprint density at radius 1 is 1.38 bits per heavy atom. The van der Waals surface area contributed by atoms with Gasteiger partial charge >= 0.3 is 162 Å². The van der Waals surface area contributed by atoms with Gasteiger partial charge in [0, 0.05) is 0 Å². The van der Waals surface area contributed by atoms with Gasteiger partial charge in [0.15, 0.2) is 0 Å². The normalized spacial score (nSPS) is 27.8. The number of amides is 3. The molecule has 1 unspecified atom stereocenters. The van der Waals surface area contributed by atoms with Gasteiger partial charge in [0.05, 0.1) is 0 Å². The number of fused-ring (bicyclic) bond motifs is 1. The second-order valence-electron chi connectivity index (χ2n) is 7.03. The Labute approximate surface area is 162 Å². The Kier molecular flexibility index (Phi) is 8.08. The van der Waals surface area contributed by atoms with Crippen LogP contribution in [-0.4, -0.2) is 51.8 Å². The summed E-state index contributed by atoms with van der Waals surface area (Å²) in [5.41, 5.74) is 1.57. The zero-order valence-corrected chi connectivity index (χ0v) is 17.6. The second kappa shape index (κ2) is 9.84. The molecule has 0 spiro atoms. The van der Waals surface area contributed by atoms with Crippen LogP contribution in [0.1, 0.15) is 58.8 Å².